The van der Waals surface area contributed by atoms with Crippen molar-refractivity contribution in [1.29, 1.82) is 0 Å². The number of Topliss-reactive ketones (excluding diaryl/α,β-unsaturated/α-hetero) is 1. The zero-order chi connectivity index (χ0) is 28.6. The molecule has 4 rings (SSSR count). The van der Waals surface area contributed by atoms with Gasteiger partial charge in [-0.2, -0.15) is 0 Å². The number of nitrogens with two attached hydrogens (primary N) is 1. The van der Waals surface area contributed by atoms with Crippen molar-refractivity contribution in [3.8, 4) is 24.7 Å². The van der Waals surface area contributed by atoms with Gasteiger partial charge in [0.2, 0.25) is 0 Å². The molecule has 12 nitrogen and oxygen atoms in total. The molecule has 4 amide bonds. The van der Waals surface area contributed by atoms with Gasteiger partial charge >= 0.3 is 18.0 Å². The lowest BCUT2D eigenvalue weighted by molar-refractivity contribution is -0.137. The molecular weight excluding hydrogens is 526 g/mol. The zero-order valence-electron chi connectivity index (χ0n) is 22.5. The van der Waals surface area contributed by atoms with Gasteiger partial charge in [-0.15, -0.1) is 18.8 Å². The van der Waals surface area contributed by atoms with Gasteiger partial charge in [0.05, 0.1) is 30.7 Å². The number of aliphatic carboxylic acids is 1. The van der Waals surface area contributed by atoms with Crippen LogP contribution in [0.2, 0.25) is 0 Å². The van der Waals surface area contributed by atoms with Gasteiger partial charge in [-0.25, -0.2) is 9.59 Å². The summed E-state index contributed by atoms with van der Waals surface area (Å²) in [5, 5.41) is 26.8. The van der Waals surface area contributed by atoms with E-state index in [1.54, 1.807) is 0 Å². The molecule has 4 fully saturated rings. The maximum atomic E-state index is 11.4. The molecule has 232 valence electrons. The number of hydrogen-bond acceptors (Lipinski definition) is 7. The molecule has 12 heteroatoms. The summed E-state index contributed by atoms with van der Waals surface area (Å²) in [6, 6.07) is 1.22. The highest BCUT2D eigenvalue weighted by Crippen LogP contribution is 2.19. The molecule has 0 bridgehead atoms. The van der Waals surface area contributed by atoms with Gasteiger partial charge in [0.1, 0.15) is 5.78 Å². The van der Waals surface area contributed by atoms with E-state index in [0.717, 1.165) is 45.2 Å². The quantitative estimate of drug-likeness (QED) is 0.125. The smallest absolute Gasteiger partial charge is 0.315 e. The second-order valence-electron chi connectivity index (χ2n) is 10.1. The van der Waals surface area contributed by atoms with Crippen molar-refractivity contribution in [1.82, 2.24) is 31.9 Å². The largest absolute Gasteiger partial charge is 0.481 e. The van der Waals surface area contributed by atoms with Crippen LogP contribution in [0.4, 0.5) is 9.59 Å². The number of urea groups is 2. The number of carboxylic acid groups (broad SMARTS) is 1. The van der Waals surface area contributed by atoms with E-state index in [0.29, 0.717) is 38.3 Å². The Morgan fingerprint density at radius 2 is 1.24 bits per heavy atom. The number of rotatable bonds is 12. The Labute approximate surface area is 245 Å². The third-order valence-electron chi connectivity index (χ3n) is 7.20. The minimum absolute atomic E-state index is 0. The molecule has 0 saturated carbocycles. The number of carboxylic acids is 1. The van der Waals surface area contributed by atoms with E-state index in [4.69, 9.17) is 17.3 Å². The number of unbranched alkanes of at least 4 members (excludes halogenated alkanes) is 2. The van der Waals surface area contributed by atoms with Crippen LogP contribution in [0.1, 0.15) is 79.1 Å². The van der Waals surface area contributed by atoms with Gasteiger partial charge in [0.25, 0.3) is 0 Å². The summed E-state index contributed by atoms with van der Waals surface area (Å²) < 4.78 is 0. The second-order valence-corrected chi connectivity index (χ2v) is 10.1. The summed E-state index contributed by atoms with van der Waals surface area (Å²) in [6.07, 6.45) is 17.1. The second kappa shape index (κ2) is 20.5. The first-order valence-electron chi connectivity index (χ1n) is 13.7. The number of carbonyl (C=O) groups excluding carboxylic acids is 3. The lowest BCUT2D eigenvalue weighted by Gasteiger charge is -2.17. The highest BCUT2D eigenvalue weighted by molar-refractivity contribution is 5.79. The van der Waals surface area contributed by atoms with Gasteiger partial charge in [-0.3, -0.25) is 9.59 Å². The molecule has 0 aromatic carbocycles. The third-order valence-corrected chi connectivity index (χ3v) is 7.20. The van der Waals surface area contributed by atoms with E-state index >= 15 is 0 Å². The Kier molecular flexibility index (Phi) is 18.9. The average molecular weight is 578 g/mol. The third kappa shape index (κ3) is 13.3. The van der Waals surface area contributed by atoms with Gasteiger partial charge in [-0.1, -0.05) is 33.6 Å². The molecule has 6 unspecified atom stereocenters. The molecule has 0 aliphatic carbocycles. The molecule has 0 radical (unpaired) electrons. The van der Waals surface area contributed by atoms with Crippen molar-refractivity contribution >= 4 is 23.8 Å². The van der Waals surface area contributed by atoms with Crippen LogP contribution in [-0.4, -0.2) is 84.8 Å². The molecule has 4 heterocycles. The van der Waals surface area contributed by atoms with E-state index in [2.05, 4.69) is 50.2 Å². The van der Waals surface area contributed by atoms with Crippen LogP contribution < -0.4 is 37.6 Å². The standard InChI is InChI=1S/C14H21N3O2.C10H17N3O3.C3H5N.2CH4/c1-2-3-6-10(18)7-4-5-8-11-13-12(9-15-11)16-14(19)17-13;14-8(15)4-2-1-3-6-9-7(5-11-6)12-10(16)13-9;1-2-3-4;;/h1,11-13,15H,3-9H2,(H2,16,17,19);6-7,9,11H,1-5H2,(H,14,15)(H2,12,13,16);1H,3-4H2;2*1H4. The zero-order valence-corrected chi connectivity index (χ0v) is 22.5. The normalized spacial score (nSPS) is 26.1. The number of hydrogen-bond donors (Lipinski definition) is 8. The van der Waals surface area contributed by atoms with Crippen LogP contribution in [-0.2, 0) is 9.59 Å². The van der Waals surface area contributed by atoms with E-state index in [1.165, 1.54) is 0 Å². The van der Waals surface area contributed by atoms with E-state index in [1.807, 2.05) is 0 Å². The fourth-order valence-electron chi connectivity index (χ4n) is 5.26. The summed E-state index contributed by atoms with van der Waals surface area (Å²) in [5.41, 5.74) is 4.79. The minimum atomic E-state index is -0.743. The van der Waals surface area contributed by atoms with Crippen molar-refractivity contribution in [3.63, 3.8) is 0 Å². The van der Waals surface area contributed by atoms with Crippen LogP contribution in [0.3, 0.4) is 0 Å². The number of terminal acetylenes is 2. The minimum Gasteiger partial charge on any atom is -0.481 e. The molecule has 4 aliphatic rings. The predicted octanol–water partition coefficient (Wildman–Crippen LogP) is 1.05. The molecule has 6 atom stereocenters. The Morgan fingerprint density at radius 3 is 1.66 bits per heavy atom. The Balaban J connectivity index is 0.000000668. The molecule has 0 aromatic rings. The Bertz CT molecular complexity index is 916. The number of fused-ring (bicyclic) bond motifs is 2. The first-order chi connectivity index (χ1) is 18.8. The van der Waals surface area contributed by atoms with Gasteiger partial charge in [0.15, 0.2) is 0 Å². The highest BCUT2D eigenvalue weighted by atomic mass is 16.4. The fraction of sp³-hybridized carbons (Fsp3) is 0.724. The molecule has 0 spiro atoms. The van der Waals surface area contributed by atoms with Crippen molar-refractivity contribution in [2.75, 3.05) is 19.6 Å². The first kappa shape index (κ1) is 37.7. The number of amides is 4. The first-order valence-corrected chi connectivity index (χ1v) is 13.7. The predicted molar refractivity (Wildman–Crippen MR) is 161 cm³/mol. The summed E-state index contributed by atoms with van der Waals surface area (Å²) in [4.78, 5) is 44.1. The monoisotopic (exact) mass is 577 g/mol. The summed E-state index contributed by atoms with van der Waals surface area (Å²) in [5.74, 6) is 4.21. The number of carbonyl (C=O) groups is 4. The van der Waals surface area contributed by atoms with Gasteiger partial charge < -0.3 is 42.7 Å². The molecule has 0 aromatic heterocycles. The molecule has 9 N–H and O–H groups in total. The number of nitrogens with one attached hydrogen (secondary N) is 6. The molecule has 4 saturated heterocycles. The van der Waals surface area contributed by atoms with Crippen molar-refractivity contribution in [2.24, 2.45) is 5.73 Å². The van der Waals surface area contributed by atoms with Crippen LogP contribution >= 0.6 is 0 Å². The topological polar surface area (TPSA) is 187 Å². The maximum Gasteiger partial charge on any atom is 0.315 e. The van der Waals surface area contributed by atoms with Crippen LogP contribution in [0, 0.1) is 24.7 Å². The van der Waals surface area contributed by atoms with Gasteiger partial charge in [0, 0.05) is 50.9 Å². The van der Waals surface area contributed by atoms with Crippen LogP contribution in [0.15, 0.2) is 0 Å². The van der Waals surface area contributed by atoms with Crippen molar-refractivity contribution in [2.45, 2.75) is 115 Å². The molecular formula is C29H51N7O5. The highest BCUT2D eigenvalue weighted by Gasteiger charge is 2.42. The Morgan fingerprint density at radius 1 is 0.780 bits per heavy atom. The maximum absolute atomic E-state index is 11.4. The van der Waals surface area contributed by atoms with Crippen LogP contribution in [0.25, 0.3) is 0 Å². The SMILES string of the molecule is C.C.C#CCCC(=O)CCCCC1NCC2NC(=O)NC12.C#CCN.O=C(O)CCCCC1NCC2NC(=O)NC12. The van der Waals surface area contributed by atoms with Crippen LogP contribution in [0.5, 0.6) is 0 Å². The van der Waals surface area contributed by atoms with Crippen molar-refractivity contribution in [3.05, 3.63) is 0 Å². The molecule has 41 heavy (non-hydrogen) atoms. The molecule has 4 aliphatic heterocycles. The van der Waals surface area contributed by atoms with E-state index in [9.17, 15) is 19.2 Å². The lowest BCUT2D eigenvalue weighted by Crippen LogP contribution is -2.40. The lowest BCUT2D eigenvalue weighted by atomic mass is 10.00. The average Bonchev–Trinajstić information content (AvgIpc) is 3.66. The fourth-order valence-corrected chi connectivity index (χ4v) is 5.26. The Hall–Kier alpha value is -3.32. The van der Waals surface area contributed by atoms with E-state index < -0.39 is 5.97 Å². The summed E-state index contributed by atoms with van der Waals surface area (Å²) in [7, 11) is 0. The van der Waals surface area contributed by atoms with Crippen molar-refractivity contribution < 1.29 is 24.3 Å². The summed E-state index contributed by atoms with van der Waals surface area (Å²) >= 11 is 0. The summed E-state index contributed by atoms with van der Waals surface area (Å²) in [6.45, 7) is 1.97. The van der Waals surface area contributed by atoms with E-state index in [-0.39, 0.29) is 69.3 Å². The van der Waals surface area contributed by atoms with Gasteiger partial charge in [-0.05, 0) is 25.7 Å². The number of ketones is 1.